The molecule has 154 valence electrons. The van der Waals surface area contributed by atoms with Gasteiger partial charge in [0.2, 0.25) is 5.89 Å². The number of fused-ring (bicyclic) bond motifs is 1. The molecule has 6 rings (SSSR count). The van der Waals surface area contributed by atoms with Crippen LogP contribution >= 0.6 is 0 Å². The van der Waals surface area contributed by atoms with Crippen molar-refractivity contribution in [3.8, 4) is 0 Å². The molecule has 1 amide bonds. The molecule has 1 aliphatic carbocycles. The number of nitrogens with zero attached hydrogens (tertiary/aromatic N) is 5. The predicted molar refractivity (Wildman–Crippen MR) is 111 cm³/mol. The maximum Gasteiger partial charge on any atom is 0.253 e. The fourth-order valence-corrected chi connectivity index (χ4v) is 4.70. The maximum absolute atomic E-state index is 12.8. The van der Waals surface area contributed by atoms with Crippen LogP contribution in [0.3, 0.4) is 0 Å². The molecule has 7 heteroatoms. The van der Waals surface area contributed by atoms with E-state index in [0.717, 1.165) is 48.0 Å². The zero-order valence-electron chi connectivity index (χ0n) is 16.9. The lowest BCUT2D eigenvalue weighted by molar-refractivity contribution is 0.0592. The number of hydrogen-bond acceptors (Lipinski definition) is 6. The Balaban J connectivity index is 1.11. The quantitative estimate of drug-likeness (QED) is 0.650. The summed E-state index contributed by atoms with van der Waals surface area (Å²) in [6.07, 6.45) is 6.78. The van der Waals surface area contributed by atoms with Crippen molar-refractivity contribution < 1.29 is 9.32 Å². The van der Waals surface area contributed by atoms with Crippen LogP contribution in [0.15, 0.2) is 41.1 Å². The first-order valence-electron chi connectivity index (χ1n) is 11.0. The Morgan fingerprint density at radius 1 is 1.17 bits per heavy atom. The van der Waals surface area contributed by atoms with Crippen molar-refractivity contribution in [2.24, 2.45) is 5.92 Å². The Bertz CT molecular complexity index is 1090. The van der Waals surface area contributed by atoms with Gasteiger partial charge in [-0.2, -0.15) is 4.98 Å². The van der Waals surface area contributed by atoms with E-state index < -0.39 is 0 Å². The monoisotopic (exact) mass is 403 g/mol. The summed E-state index contributed by atoms with van der Waals surface area (Å²) in [5.74, 6) is 2.58. The number of benzene rings is 1. The number of amides is 1. The van der Waals surface area contributed by atoms with Crippen LogP contribution in [-0.4, -0.2) is 57.0 Å². The summed E-state index contributed by atoms with van der Waals surface area (Å²) in [7, 11) is 0. The fraction of sp³-hybridized carbons (Fsp3) is 0.478. The number of pyridine rings is 1. The first-order valence-corrected chi connectivity index (χ1v) is 11.0. The molecule has 1 aromatic carbocycles. The van der Waals surface area contributed by atoms with Gasteiger partial charge in [-0.3, -0.25) is 14.7 Å². The topological polar surface area (TPSA) is 75.4 Å². The molecule has 1 atom stereocenters. The van der Waals surface area contributed by atoms with Crippen molar-refractivity contribution in [2.45, 2.75) is 37.6 Å². The van der Waals surface area contributed by atoms with Gasteiger partial charge in [-0.15, -0.1) is 0 Å². The van der Waals surface area contributed by atoms with Crippen LogP contribution in [-0.2, 0) is 0 Å². The number of aromatic nitrogens is 3. The lowest BCUT2D eigenvalue weighted by atomic mass is 9.97. The molecule has 3 fully saturated rings. The Hall–Kier alpha value is -2.80. The molecule has 3 aliphatic rings. The molecule has 2 aromatic heterocycles. The number of likely N-dealkylation sites (tertiary alicyclic amines) is 2. The van der Waals surface area contributed by atoms with Gasteiger partial charge >= 0.3 is 0 Å². The highest BCUT2D eigenvalue weighted by atomic mass is 16.5. The second-order valence-corrected chi connectivity index (χ2v) is 8.91. The van der Waals surface area contributed by atoms with E-state index in [0.29, 0.717) is 18.7 Å². The maximum atomic E-state index is 12.8. The van der Waals surface area contributed by atoms with E-state index in [9.17, 15) is 4.79 Å². The smallest absolute Gasteiger partial charge is 0.253 e. The number of rotatable bonds is 5. The van der Waals surface area contributed by atoms with E-state index in [4.69, 9.17) is 9.51 Å². The largest absolute Gasteiger partial charge is 0.338 e. The van der Waals surface area contributed by atoms with E-state index in [1.807, 2.05) is 35.2 Å². The lowest BCUT2D eigenvalue weighted by Gasteiger charge is -2.37. The van der Waals surface area contributed by atoms with Gasteiger partial charge in [-0.1, -0.05) is 11.2 Å². The molecule has 2 aliphatic heterocycles. The Labute approximate surface area is 175 Å². The van der Waals surface area contributed by atoms with E-state index in [2.05, 4.69) is 15.0 Å². The number of hydrogen-bond donors (Lipinski definition) is 0. The zero-order chi connectivity index (χ0) is 20.1. The van der Waals surface area contributed by atoms with Crippen LogP contribution in [0.1, 0.15) is 59.7 Å². The zero-order valence-corrected chi connectivity index (χ0v) is 16.9. The molecule has 0 N–H and O–H groups in total. The highest BCUT2D eigenvalue weighted by Gasteiger charge is 2.38. The van der Waals surface area contributed by atoms with Crippen molar-refractivity contribution in [3.63, 3.8) is 0 Å². The summed E-state index contributed by atoms with van der Waals surface area (Å²) in [6, 6.07) is 9.82. The van der Waals surface area contributed by atoms with Gasteiger partial charge in [0.25, 0.3) is 5.91 Å². The minimum atomic E-state index is 0.0483. The third-order valence-corrected chi connectivity index (χ3v) is 6.68. The first kappa shape index (κ1) is 18.0. The minimum Gasteiger partial charge on any atom is -0.338 e. The van der Waals surface area contributed by atoms with Crippen molar-refractivity contribution in [1.29, 1.82) is 0 Å². The molecule has 0 spiro atoms. The van der Waals surface area contributed by atoms with Crippen molar-refractivity contribution in [2.75, 3.05) is 26.2 Å². The molecule has 1 unspecified atom stereocenters. The standard InChI is InChI=1S/C23H25N5O2/c29-23(17-7-8-19-16(11-17)3-1-9-24-19)28-13-18(14-28)21-25-22(30-26-21)20-4-2-10-27(20)12-15-5-6-15/h1,3,7-9,11,15,18,20H,2,4-6,10,12-14H2. The van der Waals surface area contributed by atoms with Gasteiger partial charge in [0.1, 0.15) is 0 Å². The summed E-state index contributed by atoms with van der Waals surface area (Å²) >= 11 is 0. The molecule has 0 radical (unpaired) electrons. The normalized spacial score (nSPS) is 22.5. The van der Waals surface area contributed by atoms with Gasteiger partial charge in [0.15, 0.2) is 5.82 Å². The Morgan fingerprint density at radius 2 is 2.07 bits per heavy atom. The molecule has 4 heterocycles. The van der Waals surface area contributed by atoms with Crippen LogP contribution in [0.5, 0.6) is 0 Å². The van der Waals surface area contributed by atoms with Crippen LogP contribution in [0.2, 0.25) is 0 Å². The Kier molecular flexibility index (Phi) is 4.30. The van der Waals surface area contributed by atoms with Gasteiger partial charge < -0.3 is 9.42 Å². The third-order valence-electron chi connectivity index (χ3n) is 6.68. The minimum absolute atomic E-state index is 0.0483. The molecular formula is C23H25N5O2. The molecule has 1 saturated carbocycles. The van der Waals surface area contributed by atoms with Crippen LogP contribution in [0.25, 0.3) is 10.9 Å². The van der Waals surface area contributed by atoms with E-state index in [-0.39, 0.29) is 17.9 Å². The number of carbonyl (C=O) groups is 1. The molecule has 0 bridgehead atoms. The third kappa shape index (κ3) is 3.27. The van der Waals surface area contributed by atoms with Crippen molar-refractivity contribution in [1.82, 2.24) is 24.9 Å². The lowest BCUT2D eigenvalue weighted by Crippen LogP contribution is -2.48. The highest BCUT2D eigenvalue weighted by Crippen LogP contribution is 2.37. The number of carbonyl (C=O) groups excluding carboxylic acids is 1. The summed E-state index contributed by atoms with van der Waals surface area (Å²) in [6.45, 7) is 3.57. The average Bonchev–Trinajstić information content (AvgIpc) is 3.22. The summed E-state index contributed by atoms with van der Waals surface area (Å²) in [5, 5.41) is 5.24. The van der Waals surface area contributed by atoms with E-state index in [1.165, 1.54) is 19.3 Å². The SMILES string of the molecule is O=C(c1ccc2ncccc2c1)N1CC(c2noc(C3CCCN3CC3CC3)n2)C1. The second kappa shape index (κ2) is 7.16. The van der Waals surface area contributed by atoms with Crippen molar-refractivity contribution >= 4 is 16.8 Å². The van der Waals surface area contributed by atoms with Crippen LogP contribution < -0.4 is 0 Å². The van der Waals surface area contributed by atoms with E-state index in [1.54, 1.807) is 6.20 Å². The average molecular weight is 403 g/mol. The summed E-state index contributed by atoms with van der Waals surface area (Å²) in [5.41, 5.74) is 1.60. The second-order valence-electron chi connectivity index (χ2n) is 8.91. The van der Waals surface area contributed by atoms with Crippen molar-refractivity contribution in [3.05, 3.63) is 53.8 Å². The highest BCUT2D eigenvalue weighted by molar-refractivity contribution is 5.98. The summed E-state index contributed by atoms with van der Waals surface area (Å²) in [4.78, 5) is 26.3. The molecule has 30 heavy (non-hydrogen) atoms. The van der Waals surface area contributed by atoms with Crippen LogP contribution in [0, 0.1) is 5.92 Å². The van der Waals surface area contributed by atoms with E-state index >= 15 is 0 Å². The molecule has 7 nitrogen and oxygen atoms in total. The molecule has 2 saturated heterocycles. The molecule has 3 aromatic rings. The van der Waals surface area contributed by atoms with Gasteiger partial charge in [0.05, 0.1) is 17.5 Å². The molecular weight excluding hydrogens is 378 g/mol. The van der Waals surface area contributed by atoms with Gasteiger partial charge in [0, 0.05) is 36.8 Å². The van der Waals surface area contributed by atoms with Gasteiger partial charge in [-0.25, -0.2) is 0 Å². The van der Waals surface area contributed by atoms with Crippen LogP contribution in [0.4, 0.5) is 0 Å². The van der Waals surface area contributed by atoms with Gasteiger partial charge in [-0.05, 0) is 62.4 Å². The first-order chi connectivity index (χ1) is 14.7. The predicted octanol–water partition coefficient (Wildman–Crippen LogP) is 3.40. The Morgan fingerprint density at radius 3 is 2.93 bits per heavy atom. The summed E-state index contributed by atoms with van der Waals surface area (Å²) < 4.78 is 5.65. The fourth-order valence-electron chi connectivity index (χ4n) is 4.70.